The first-order valence-corrected chi connectivity index (χ1v) is 5.47. The lowest BCUT2D eigenvalue weighted by molar-refractivity contribution is 0.0496. The van der Waals surface area contributed by atoms with Gasteiger partial charge in [0.05, 0.1) is 0 Å². The molecule has 1 aromatic rings. The lowest BCUT2D eigenvalue weighted by Gasteiger charge is -2.19. The Hall–Kier alpha value is -1.82. The van der Waals surface area contributed by atoms with Crippen LogP contribution in [0, 0.1) is 5.82 Å². The number of hydrogen-bond acceptors (Lipinski definition) is 4. The summed E-state index contributed by atoms with van der Waals surface area (Å²) in [5.74, 6) is -0.503. The molecule has 1 aromatic carbocycles. The number of carbonyl (C=O) groups excluding carboxylic acids is 1. The van der Waals surface area contributed by atoms with Crippen LogP contribution in [0.25, 0.3) is 0 Å². The maximum absolute atomic E-state index is 12.9. The topological polar surface area (TPSA) is 70.6 Å². The van der Waals surface area contributed by atoms with Crippen molar-refractivity contribution in [3.05, 3.63) is 29.6 Å². The van der Waals surface area contributed by atoms with Crippen molar-refractivity contribution >= 4 is 6.09 Å². The summed E-state index contributed by atoms with van der Waals surface area (Å²) >= 11 is 0. The van der Waals surface area contributed by atoms with Crippen molar-refractivity contribution in [3.63, 3.8) is 0 Å². The monoisotopic (exact) mass is 256 g/mol. The van der Waals surface area contributed by atoms with Crippen LogP contribution in [0.4, 0.5) is 9.18 Å². The second-order valence-corrected chi connectivity index (χ2v) is 4.75. The molecule has 0 bridgehead atoms. The van der Waals surface area contributed by atoms with Crippen LogP contribution in [0.5, 0.6) is 5.75 Å². The highest BCUT2D eigenvalue weighted by Gasteiger charge is 2.15. The minimum absolute atomic E-state index is 0.0464. The fourth-order valence-corrected chi connectivity index (χ4v) is 1.21. The highest BCUT2D eigenvalue weighted by Crippen LogP contribution is 2.17. The normalized spacial score (nSPS) is 11.1. The van der Waals surface area contributed by atoms with Gasteiger partial charge < -0.3 is 9.84 Å². The summed E-state index contributed by atoms with van der Waals surface area (Å²) < 4.78 is 17.9. The van der Waals surface area contributed by atoms with Gasteiger partial charge in [0.15, 0.2) is 0 Å². The molecule has 0 aromatic heterocycles. The van der Waals surface area contributed by atoms with Gasteiger partial charge in [0.1, 0.15) is 17.2 Å². The molecule has 0 heterocycles. The molecule has 18 heavy (non-hydrogen) atoms. The van der Waals surface area contributed by atoms with Crippen molar-refractivity contribution in [1.29, 1.82) is 0 Å². The number of benzene rings is 1. The maximum atomic E-state index is 12.9. The van der Waals surface area contributed by atoms with E-state index < -0.39 is 17.5 Å². The van der Waals surface area contributed by atoms with E-state index in [-0.39, 0.29) is 12.3 Å². The Morgan fingerprint density at radius 3 is 2.72 bits per heavy atom. The summed E-state index contributed by atoms with van der Waals surface area (Å²) in [7, 11) is 0. The number of halogens is 1. The van der Waals surface area contributed by atoms with Crippen LogP contribution in [0.1, 0.15) is 26.3 Å². The molecule has 0 saturated carbocycles. The van der Waals surface area contributed by atoms with Crippen LogP contribution in [0.2, 0.25) is 0 Å². The van der Waals surface area contributed by atoms with Crippen LogP contribution in [0.3, 0.4) is 0 Å². The average molecular weight is 256 g/mol. The molecule has 3 N–H and O–H groups in total. The third-order valence-corrected chi connectivity index (χ3v) is 1.91. The van der Waals surface area contributed by atoms with Gasteiger partial charge in [-0.3, -0.25) is 5.43 Å². The largest absolute Gasteiger partial charge is 0.508 e. The molecule has 1 rings (SSSR count). The van der Waals surface area contributed by atoms with Crippen molar-refractivity contribution in [3.8, 4) is 5.75 Å². The summed E-state index contributed by atoms with van der Waals surface area (Å²) in [6, 6.07) is 3.58. The summed E-state index contributed by atoms with van der Waals surface area (Å²) in [5.41, 5.74) is 4.58. The highest BCUT2D eigenvalue weighted by atomic mass is 19.1. The molecule has 100 valence electrons. The number of hydrogen-bond donors (Lipinski definition) is 3. The van der Waals surface area contributed by atoms with E-state index in [9.17, 15) is 14.3 Å². The molecule has 0 aliphatic rings. The molecular formula is C12H17FN2O3. The predicted octanol–water partition coefficient (Wildman–Crippen LogP) is 2.06. The fourth-order valence-electron chi connectivity index (χ4n) is 1.21. The molecule has 0 aliphatic heterocycles. The van der Waals surface area contributed by atoms with Crippen molar-refractivity contribution < 1.29 is 19.0 Å². The first-order valence-electron chi connectivity index (χ1n) is 5.47. The molecule has 0 radical (unpaired) electrons. The number of phenols is 1. The molecular weight excluding hydrogens is 239 g/mol. The first-order chi connectivity index (χ1) is 8.28. The van der Waals surface area contributed by atoms with Gasteiger partial charge in [0, 0.05) is 12.1 Å². The molecule has 1 amide bonds. The van der Waals surface area contributed by atoms with E-state index in [4.69, 9.17) is 4.74 Å². The second-order valence-electron chi connectivity index (χ2n) is 4.75. The standard InChI is InChI=1S/C12H17FN2O3/c1-12(2,3)18-11(17)15-14-7-8-6-9(13)4-5-10(8)16/h4-6,14,16H,7H2,1-3H3,(H,15,17). The molecule has 5 nitrogen and oxygen atoms in total. The molecule has 0 fully saturated rings. The van der Waals surface area contributed by atoms with E-state index >= 15 is 0 Å². The number of amides is 1. The first kappa shape index (κ1) is 14.2. The molecule has 0 unspecified atom stereocenters. The lowest BCUT2D eigenvalue weighted by atomic mass is 10.2. The zero-order valence-electron chi connectivity index (χ0n) is 10.6. The van der Waals surface area contributed by atoms with Gasteiger partial charge in [-0.2, -0.15) is 0 Å². The number of ether oxygens (including phenoxy) is 1. The molecule has 6 heteroatoms. The average Bonchev–Trinajstić information content (AvgIpc) is 2.20. The summed E-state index contributed by atoms with van der Waals surface area (Å²) in [4.78, 5) is 11.3. The predicted molar refractivity (Wildman–Crippen MR) is 64.3 cm³/mol. The summed E-state index contributed by atoms with van der Waals surface area (Å²) in [6.45, 7) is 5.31. The van der Waals surface area contributed by atoms with E-state index in [2.05, 4.69) is 10.9 Å². The Morgan fingerprint density at radius 2 is 2.11 bits per heavy atom. The van der Waals surface area contributed by atoms with Gasteiger partial charge in [0.2, 0.25) is 0 Å². The maximum Gasteiger partial charge on any atom is 0.422 e. The van der Waals surface area contributed by atoms with Gasteiger partial charge in [-0.1, -0.05) is 0 Å². The number of nitrogens with one attached hydrogen (secondary N) is 2. The van der Waals surface area contributed by atoms with E-state index in [1.165, 1.54) is 12.1 Å². The van der Waals surface area contributed by atoms with Crippen LogP contribution in [-0.4, -0.2) is 16.8 Å². The van der Waals surface area contributed by atoms with Crippen LogP contribution in [0.15, 0.2) is 18.2 Å². The Kier molecular flexibility index (Phi) is 4.49. The fraction of sp³-hybridized carbons (Fsp3) is 0.417. The van der Waals surface area contributed by atoms with Crippen molar-refractivity contribution in [2.75, 3.05) is 0 Å². The number of phenolic OH excluding ortho intramolecular Hbond substituents is 1. The Balaban J connectivity index is 2.42. The molecule has 0 spiro atoms. The van der Waals surface area contributed by atoms with Crippen molar-refractivity contribution in [1.82, 2.24) is 10.9 Å². The van der Waals surface area contributed by atoms with E-state index in [1.54, 1.807) is 20.8 Å². The second kappa shape index (κ2) is 5.68. The smallest absolute Gasteiger partial charge is 0.422 e. The number of carbonyl (C=O) groups is 1. The van der Waals surface area contributed by atoms with E-state index in [1.807, 2.05) is 0 Å². The highest BCUT2D eigenvalue weighted by molar-refractivity contribution is 5.67. The number of aromatic hydroxyl groups is 1. The Morgan fingerprint density at radius 1 is 1.44 bits per heavy atom. The minimum Gasteiger partial charge on any atom is -0.508 e. The van der Waals surface area contributed by atoms with Crippen LogP contribution < -0.4 is 10.9 Å². The quantitative estimate of drug-likeness (QED) is 0.724. The van der Waals surface area contributed by atoms with Crippen LogP contribution in [-0.2, 0) is 11.3 Å². The third kappa shape index (κ3) is 5.01. The van der Waals surface area contributed by atoms with Crippen molar-refractivity contribution in [2.24, 2.45) is 0 Å². The third-order valence-electron chi connectivity index (χ3n) is 1.91. The molecule has 0 saturated heterocycles. The van der Waals surface area contributed by atoms with Gasteiger partial charge in [-0.15, -0.1) is 0 Å². The van der Waals surface area contributed by atoms with Gasteiger partial charge in [-0.05, 0) is 39.0 Å². The zero-order chi connectivity index (χ0) is 13.8. The van der Waals surface area contributed by atoms with Gasteiger partial charge in [0.25, 0.3) is 0 Å². The molecule has 0 atom stereocenters. The van der Waals surface area contributed by atoms with E-state index in [0.717, 1.165) is 6.07 Å². The van der Waals surface area contributed by atoms with E-state index in [0.29, 0.717) is 5.56 Å². The molecule has 0 aliphatic carbocycles. The summed E-state index contributed by atoms with van der Waals surface area (Å²) in [6.07, 6.45) is -0.640. The Bertz CT molecular complexity index is 430. The Labute approximate surface area is 105 Å². The van der Waals surface area contributed by atoms with Crippen molar-refractivity contribution in [2.45, 2.75) is 32.9 Å². The zero-order valence-corrected chi connectivity index (χ0v) is 10.6. The number of rotatable bonds is 3. The minimum atomic E-state index is -0.640. The van der Waals surface area contributed by atoms with Gasteiger partial charge in [-0.25, -0.2) is 14.6 Å². The summed E-state index contributed by atoms with van der Waals surface area (Å²) in [5, 5.41) is 9.44. The van der Waals surface area contributed by atoms with Crippen LogP contribution >= 0.6 is 0 Å². The van der Waals surface area contributed by atoms with Gasteiger partial charge >= 0.3 is 6.09 Å². The lowest BCUT2D eigenvalue weighted by Crippen LogP contribution is -2.40. The number of hydrazine groups is 1. The SMILES string of the molecule is CC(C)(C)OC(=O)NNCc1cc(F)ccc1O.